The van der Waals surface area contributed by atoms with Crippen LogP contribution in [-0.2, 0) is 0 Å². The van der Waals surface area contributed by atoms with Crippen LogP contribution in [0.2, 0.25) is 0 Å². The molecule has 6 heteroatoms. The van der Waals surface area contributed by atoms with Crippen LogP contribution in [0, 0.1) is 11.6 Å². The van der Waals surface area contributed by atoms with Gasteiger partial charge in [0.1, 0.15) is 11.6 Å². The zero-order valence-electron chi connectivity index (χ0n) is 11.1. The Kier molecular flexibility index (Phi) is 5.57. The first-order chi connectivity index (χ1) is 10.1. The molecular weight excluding hydrogens is 294 g/mol. The van der Waals surface area contributed by atoms with Crippen molar-refractivity contribution < 1.29 is 13.6 Å². The molecule has 0 aliphatic heterocycles. The van der Waals surface area contributed by atoms with Gasteiger partial charge in [-0.15, -0.1) is 11.8 Å². The summed E-state index contributed by atoms with van der Waals surface area (Å²) in [5.41, 5.74) is 0.0840. The molecule has 2 aromatic rings. The fourth-order valence-corrected chi connectivity index (χ4v) is 2.44. The molecular formula is C15H14F2N2OS. The maximum Gasteiger partial charge on any atom is 0.319 e. The molecule has 0 aliphatic carbocycles. The largest absolute Gasteiger partial charge is 0.337 e. The molecule has 2 aromatic carbocycles. The Morgan fingerprint density at radius 3 is 2.38 bits per heavy atom. The third kappa shape index (κ3) is 5.43. The molecule has 0 unspecified atom stereocenters. The van der Waals surface area contributed by atoms with Crippen molar-refractivity contribution >= 4 is 23.5 Å². The summed E-state index contributed by atoms with van der Waals surface area (Å²) in [6, 6.07) is 12.2. The number of anilines is 1. The molecule has 0 bridgehead atoms. The van der Waals surface area contributed by atoms with Gasteiger partial charge in [-0.05, 0) is 24.3 Å². The summed E-state index contributed by atoms with van der Waals surface area (Å²) >= 11 is 1.61. The highest BCUT2D eigenvalue weighted by molar-refractivity contribution is 7.99. The van der Waals surface area contributed by atoms with Crippen LogP contribution in [0.1, 0.15) is 0 Å². The second-order valence-electron chi connectivity index (χ2n) is 4.20. The first-order valence-corrected chi connectivity index (χ1v) is 7.31. The lowest BCUT2D eigenvalue weighted by Crippen LogP contribution is -2.30. The molecule has 2 N–H and O–H groups in total. The van der Waals surface area contributed by atoms with Crippen LogP contribution in [0.4, 0.5) is 19.3 Å². The van der Waals surface area contributed by atoms with E-state index >= 15 is 0 Å². The van der Waals surface area contributed by atoms with E-state index in [1.807, 2.05) is 30.3 Å². The molecule has 0 fully saturated rings. The molecule has 0 atom stereocenters. The molecule has 0 saturated heterocycles. The van der Waals surface area contributed by atoms with Crippen molar-refractivity contribution in [1.82, 2.24) is 5.32 Å². The Balaban J connectivity index is 1.72. The Hall–Kier alpha value is -2.08. The molecule has 0 aliphatic rings. The fourth-order valence-electron chi connectivity index (χ4n) is 1.65. The van der Waals surface area contributed by atoms with Crippen molar-refractivity contribution in [3.63, 3.8) is 0 Å². The summed E-state index contributed by atoms with van der Waals surface area (Å²) in [5, 5.41) is 5.01. The van der Waals surface area contributed by atoms with E-state index in [-0.39, 0.29) is 5.69 Å². The molecule has 2 rings (SSSR count). The summed E-state index contributed by atoms with van der Waals surface area (Å²) in [5.74, 6) is -0.760. The third-order valence-electron chi connectivity index (χ3n) is 2.52. The number of carbonyl (C=O) groups excluding carboxylic acids is 1. The molecule has 0 spiro atoms. The van der Waals surface area contributed by atoms with Crippen LogP contribution in [0.15, 0.2) is 53.4 Å². The summed E-state index contributed by atoms with van der Waals surface area (Å²) in [4.78, 5) is 12.7. The number of amides is 2. The van der Waals surface area contributed by atoms with Gasteiger partial charge in [-0.25, -0.2) is 13.6 Å². The number of rotatable bonds is 5. The van der Waals surface area contributed by atoms with E-state index in [4.69, 9.17) is 0 Å². The van der Waals surface area contributed by atoms with Gasteiger partial charge in [0.2, 0.25) is 0 Å². The normalized spacial score (nSPS) is 10.2. The second-order valence-corrected chi connectivity index (χ2v) is 5.37. The minimum absolute atomic E-state index is 0.0840. The van der Waals surface area contributed by atoms with Gasteiger partial charge in [0, 0.05) is 28.9 Å². The van der Waals surface area contributed by atoms with Crippen molar-refractivity contribution in [2.75, 3.05) is 17.6 Å². The minimum atomic E-state index is -0.732. The van der Waals surface area contributed by atoms with Crippen molar-refractivity contribution in [3.05, 3.63) is 60.2 Å². The number of carbonyl (C=O) groups is 1. The Labute approximate surface area is 125 Å². The average molecular weight is 308 g/mol. The van der Waals surface area contributed by atoms with Crippen LogP contribution >= 0.6 is 11.8 Å². The van der Waals surface area contributed by atoms with Crippen LogP contribution in [-0.4, -0.2) is 18.3 Å². The van der Waals surface area contributed by atoms with Crippen LogP contribution in [0.5, 0.6) is 0 Å². The molecule has 2 amide bonds. The smallest absolute Gasteiger partial charge is 0.319 e. The van der Waals surface area contributed by atoms with Gasteiger partial charge in [0.15, 0.2) is 0 Å². The monoisotopic (exact) mass is 308 g/mol. The minimum Gasteiger partial charge on any atom is -0.337 e. The number of halogens is 2. The number of nitrogens with one attached hydrogen (secondary N) is 2. The molecule has 0 radical (unpaired) electrons. The Morgan fingerprint density at radius 2 is 1.71 bits per heavy atom. The van der Waals surface area contributed by atoms with Crippen molar-refractivity contribution in [2.45, 2.75) is 4.90 Å². The highest BCUT2D eigenvalue weighted by atomic mass is 32.2. The number of thioether (sulfide) groups is 1. The topological polar surface area (TPSA) is 41.1 Å². The highest BCUT2D eigenvalue weighted by Gasteiger charge is 2.04. The quantitative estimate of drug-likeness (QED) is 0.650. The van der Waals surface area contributed by atoms with Crippen molar-refractivity contribution in [1.29, 1.82) is 0 Å². The number of urea groups is 1. The number of hydrogen-bond acceptors (Lipinski definition) is 2. The predicted octanol–water partition coefficient (Wildman–Crippen LogP) is 3.88. The van der Waals surface area contributed by atoms with E-state index in [1.165, 1.54) is 0 Å². The first-order valence-electron chi connectivity index (χ1n) is 6.32. The molecule has 0 saturated carbocycles. The summed E-state index contributed by atoms with van der Waals surface area (Å²) < 4.78 is 25.9. The lowest BCUT2D eigenvalue weighted by molar-refractivity contribution is 0.252. The summed E-state index contributed by atoms with van der Waals surface area (Å²) in [7, 11) is 0. The predicted molar refractivity (Wildman–Crippen MR) is 80.5 cm³/mol. The lowest BCUT2D eigenvalue weighted by atomic mass is 10.3. The third-order valence-corrected chi connectivity index (χ3v) is 3.53. The van der Waals surface area contributed by atoms with Gasteiger partial charge in [-0.1, -0.05) is 18.2 Å². The van der Waals surface area contributed by atoms with Gasteiger partial charge < -0.3 is 10.6 Å². The first kappa shape index (κ1) is 15.3. The zero-order chi connectivity index (χ0) is 15.1. The lowest BCUT2D eigenvalue weighted by Gasteiger charge is -2.08. The maximum atomic E-state index is 13.0. The highest BCUT2D eigenvalue weighted by Crippen LogP contribution is 2.16. The number of hydrogen-bond donors (Lipinski definition) is 2. The standard InChI is InChI=1S/C15H14F2N2OS/c16-11-8-12(17)10-13(9-11)19-15(20)18-6-7-21-14-4-2-1-3-5-14/h1-5,8-10H,6-7H2,(H2,18,19,20). The van der Waals surface area contributed by atoms with Gasteiger partial charge in [0.25, 0.3) is 0 Å². The Morgan fingerprint density at radius 1 is 1.05 bits per heavy atom. The maximum absolute atomic E-state index is 13.0. The van der Waals surface area contributed by atoms with Gasteiger partial charge >= 0.3 is 6.03 Å². The van der Waals surface area contributed by atoms with Gasteiger partial charge in [-0.2, -0.15) is 0 Å². The summed E-state index contributed by atoms with van der Waals surface area (Å²) in [6.45, 7) is 0.448. The van der Waals surface area contributed by atoms with Crippen LogP contribution in [0.3, 0.4) is 0 Å². The van der Waals surface area contributed by atoms with Crippen LogP contribution < -0.4 is 10.6 Å². The molecule has 21 heavy (non-hydrogen) atoms. The van der Waals surface area contributed by atoms with E-state index in [0.29, 0.717) is 12.3 Å². The van der Waals surface area contributed by atoms with E-state index in [1.54, 1.807) is 11.8 Å². The SMILES string of the molecule is O=C(NCCSc1ccccc1)Nc1cc(F)cc(F)c1. The second kappa shape index (κ2) is 7.64. The average Bonchev–Trinajstić information content (AvgIpc) is 2.43. The van der Waals surface area contributed by atoms with Crippen molar-refractivity contribution in [2.24, 2.45) is 0 Å². The van der Waals surface area contributed by atoms with E-state index in [0.717, 1.165) is 23.1 Å². The molecule has 0 aromatic heterocycles. The van der Waals surface area contributed by atoms with Gasteiger partial charge in [-0.3, -0.25) is 0 Å². The van der Waals surface area contributed by atoms with E-state index in [9.17, 15) is 13.6 Å². The molecule has 110 valence electrons. The zero-order valence-corrected chi connectivity index (χ0v) is 11.9. The van der Waals surface area contributed by atoms with E-state index < -0.39 is 17.7 Å². The molecule has 3 nitrogen and oxygen atoms in total. The number of benzene rings is 2. The van der Waals surface area contributed by atoms with Crippen LogP contribution in [0.25, 0.3) is 0 Å². The molecule has 0 heterocycles. The summed E-state index contributed by atoms with van der Waals surface area (Å²) in [6.07, 6.45) is 0. The van der Waals surface area contributed by atoms with E-state index in [2.05, 4.69) is 10.6 Å². The Bertz CT molecular complexity index is 588. The van der Waals surface area contributed by atoms with Gasteiger partial charge in [0.05, 0.1) is 0 Å². The van der Waals surface area contributed by atoms with Crippen molar-refractivity contribution in [3.8, 4) is 0 Å². The fraction of sp³-hybridized carbons (Fsp3) is 0.133.